The molecule has 5 rings (SSSR count). The first-order chi connectivity index (χ1) is 19.3. The van der Waals surface area contributed by atoms with Crippen LogP contribution in [0, 0.1) is 35.0 Å². The van der Waals surface area contributed by atoms with Gasteiger partial charge in [-0.25, -0.2) is 4.68 Å². The maximum atomic E-state index is 13.8. The van der Waals surface area contributed by atoms with Crippen molar-refractivity contribution in [2.45, 2.75) is 58.3 Å². The van der Waals surface area contributed by atoms with Gasteiger partial charge in [-0.2, -0.15) is 23.7 Å². The van der Waals surface area contributed by atoms with E-state index in [2.05, 4.69) is 63.8 Å². The molecule has 1 aromatic carbocycles. The van der Waals surface area contributed by atoms with Crippen LogP contribution in [0.1, 0.15) is 67.7 Å². The third kappa shape index (κ3) is 5.38. The largest absolute Gasteiger partial charge is 0.413 e. The number of pyridine rings is 2. The lowest BCUT2D eigenvalue weighted by atomic mass is 9.96. The van der Waals surface area contributed by atoms with Gasteiger partial charge in [-0.05, 0) is 48.9 Å². The summed E-state index contributed by atoms with van der Waals surface area (Å²) >= 11 is 0. The van der Waals surface area contributed by atoms with Gasteiger partial charge in [0.2, 0.25) is 0 Å². The molecule has 12 heteroatoms. The number of anilines is 2. The zero-order valence-corrected chi connectivity index (χ0v) is 23.0. The van der Waals surface area contributed by atoms with E-state index in [1.54, 1.807) is 24.4 Å². The molecule has 0 amide bonds. The Hall–Kier alpha value is -4.71. The second kappa shape index (κ2) is 10.0. The molecule has 0 aliphatic heterocycles. The fraction of sp³-hybridized carbons (Fsp3) is 0.379. The summed E-state index contributed by atoms with van der Waals surface area (Å²) in [7, 11) is 0. The Morgan fingerprint density at radius 1 is 1.05 bits per heavy atom. The molecule has 0 unspecified atom stereocenters. The molecule has 0 bridgehead atoms. The van der Waals surface area contributed by atoms with Crippen molar-refractivity contribution in [1.82, 2.24) is 25.0 Å². The molecule has 0 saturated heterocycles. The molecule has 3 aromatic heterocycles. The van der Waals surface area contributed by atoms with Crippen molar-refractivity contribution in [3.8, 4) is 12.1 Å². The molecule has 41 heavy (non-hydrogen) atoms. The van der Waals surface area contributed by atoms with Crippen LogP contribution >= 0.6 is 0 Å². The average molecular weight is 560 g/mol. The molecule has 4 aromatic rings. The van der Waals surface area contributed by atoms with Gasteiger partial charge in [-0.1, -0.05) is 32.1 Å². The second-order valence-electron chi connectivity index (χ2n) is 11.5. The summed E-state index contributed by atoms with van der Waals surface area (Å²) in [5.74, 6) is 0. The first kappa shape index (κ1) is 27.8. The molecule has 210 valence electrons. The minimum Gasteiger partial charge on any atom is -0.383 e. The maximum absolute atomic E-state index is 13.8. The van der Waals surface area contributed by atoms with Crippen molar-refractivity contribution in [3.05, 3.63) is 70.9 Å². The minimum atomic E-state index is -4.45. The van der Waals surface area contributed by atoms with Gasteiger partial charge >= 0.3 is 6.18 Å². The second-order valence-corrected chi connectivity index (χ2v) is 11.5. The fourth-order valence-corrected chi connectivity index (χ4v) is 4.62. The molecule has 3 heterocycles. The lowest BCUT2D eigenvalue weighted by Gasteiger charge is -2.22. The molecule has 1 aliphatic rings. The molecule has 2 N–H and O–H groups in total. The maximum Gasteiger partial charge on any atom is 0.413 e. The van der Waals surface area contributed by atoms with E-state index < -0.39 is 17.8 Å². The molecular formula is C29H28F3N9. The molecule has 1 aliphatic carbocycles. The van der Waals surface area contributed by atoms with Gasteiger partial charge < -0.3 is 10.6 Å². The van der Waals surface area contributed by atoms with Crippen molar-refractivity contribution in [3.63, 3.8) is 0 Å². The Labute approximate surface area is 235 Å². The monoisotopic (exact) mass is 559 g/mol. The van der Waals surface area contributed by atoms with Gasteiger partial charge in [-0.3, -0.25) is 9.97 Å². The van der Waals surface area contributed by atoms with E-state index in [1.165, 1.54) is 12.4 Å². The highest BCUT2D eigenvalue weighted by Crippen LogP contribution is 2.55. The highest BCUT2D eigenvalue weighted by molar-refractivity contribution is 5.99. The van der Waals surface area contributed by atoms with Crippen LogP contribution in [-0.2, 0) is 5.54 Å². The Kier molecular flexibility index (Phi) is 6.82. The summed E-state index contributed by atoms with van der Waals surface area (Å²) in [5, 5.41) is 35.0. The van der Waals surface area contributed by atoms with E-state index in [-0.39, 0.29) is 29.5 Å². The van der Waals surface area contributed by atoms with Crippen LogP contribution in [0.3, 0.4) is 0 Å². The van der Waals surface area contributed by atoms with Gasteiger partial charge in [-0.15, -0.1) is 5.10 Å². The van der Waals surface area contributed by atoms with E-state index in [0.717, 1.165) is 10.4 Å². The van der Waals surface area contributed by atoms with Crippen LogP contribution in [-0.4, -0.2) is 37.7 Å². The van der Waals surface area contributed by atoms with E-state index in [1.807, 2.05) is 13.0 Å². The summed E-state index contributed by atoms with van der Waals surface area (Å²) < 4.78 is 42.3. The summed E-state index contributed by atoms with van der Waals surface area (Å²) in [4.78, 5) is 8.74. The molecule has 1 saturated carbocycles. The topological polar surface area (TPSA) is 128 Å². The highest BCUT2D eigenvalue weighted by Gasteiger charge is 2.66. The number of hydrogen-bond donors (Lipinski definition) is 2. The number of fused-ring (bicyclic) bond motifs is 1. The molecule has 1 fully saturated rings. The summed E-state index contributed by atoms with van der Waals surface area (Å²) in [5.41, 5.74) is 1.60. The van der Waals surface area contributed by atoms with Gasteiger partial charge in [0, 0.05) is 35.7 Å². The molecule has 9 nitrogen and oxygen atoms in total. The van der Waals surface area contributed by atoms with Gasteiger partial charge in [0.15, 0.2) is 5.54 Å². The molecule has 0 radical (unpaired) electrons. The first-order valence-corrected chi connectivity index (χ1v) is 13.0. The number of rotatable bonds is 7. The normalized spacial score (nSPS) is 15.1. The number of alkyl halides is 3. The van der Waals surface area contributed by atoms with Gasteiger partial charge in [0.25, 0.3) is 0 Å². The standard InChI is InChI=1S/C29H28F3N9/c1-17-5-6-18(13-35-17)26(23-15-41(40-39-23)28(7-8-28)29(30,31)32)38-21-9-19(11-33)24-22(10-21)25(20(12-34)14-36-24)37-16-27(2,3)4/h5-6,9-10,13-15,26,38H,7-8,16H2,1-4H3,(H,36,37)/t26-/m0/s1. The third-order valence-corrected chi connectivity index (χ3v) is 7.08. The predicted molar refractivity (Wildman–Crippen MR) is 147 cm³/mol. The molecule has 1 atom stereocenters. The zero-order valence-electron chi connectivity index (χ0n) is 23.0. The number of hydrogen-bond acceptors (Lipinski definition) is 8. The van der Waals surface area contributed by atoms with Crippen molar-refractivity contribution in [2.75, 3.05) is 17.2 Å². The quantitative estimate of drug-likeness (QED) is 0.283. The lowest BCUT2D eigenvalue weighted by molar-refractivity contribution is -0.182. The van der Waals surface area contributed by atoms with Crippen LogP contribution in [0.5, 0.6) is 0 Å². The number of aryl methyl sites for hydroxylation is 1. The zero-order chi connectivity index (χ0) is 29.6. The number of halogens is 3. The SMILES string of the molecule is Cc1ccc([C@H](Nc2cc(C#N)c3ncc(C#N)c(NCC(C)(C)C)c3c2)c2cn(C3(C(F)(F)F)CC3)nn2)cn1. The lowest BCUT2D eigenvalue weighted by Crippen LogP contribution is -2.35. The Morgan fingerprint density at radius 2 is 1.78 bits per heavy atom. The first-order valence-electron chi connectivity index (χ1n) is 13.0. The summed E-state index contributed by atoms with van der Waals surface area (Å²) in [6.07, 6.45) is -0.185. The van der Waals surface area contributed by atoms with E-state index >= 15 is 0 Å². The van der Waals surface area contributed by atoms with Crippen LogP contribution in [0.25, 0.3) is 10.9 Å². The number of nitrogens with one attached hydrogen (secondary N) is 2. The van der Waals surface area contributed by atoms with E-state index in [9.17, 15) is 23.7 Å². The number of benzene rings is 1. The van der Waals surface area contributed by atoms with Crippen LogP contribution in [0.15, 0.2) is 42.9 Å². The molecule has 0 spiro atoms. The summed E-state index contributed by atoms with van der Waals surface area (Å²) in [6, 6.07) is 10.6. The Bertz CT molecular complexity index is 1680. The number of aromatic nitrogens is 5. The predicted octanol–water partition coefficient (Wildman–Crippen LogP) is 5.98. The highest BCUT2D eigenvalue weighted by atomic mass is 19.4. The van der Waals surface area contributed by atoms with Crippen LogP contribution in [0.2, 0.25) is 0 Å². The smallest absolute Gasteiger partial charge is 0.383 e. The third-order valence-electron chi connectivity index (χ3n) is 7.08. The van der Waals surface area contributed by atoms with Crippen molar-refractivity contribution >= 4 is 22.3 Å². The fourth-order valence-electron chi connectivity index (χ4n) is 4.62. The Balaban J connectivity index is 1.61. The van der Waals surface area contributed by atoms with E-state index in [0.29, 0.717) is 39.9 Å². The average Bonchev–Trinajstić information content (AvgIpc) is 3.61. The molecular weight excluding hydrogens is 531 g/mol. The van der Waals surface area contributed by atoms with Crippen LogP contribution < -0.4 is 10.6 Å². The number of nitriles is 2. The minimum absolute atomic E-state index is 0.0573. The van der Waals surface area contributed by atoms with Gasteiger partial charge in [0.05, 0.1) is 34.6 Å². The number of nitrogens with zero attached hydrogens (tertiary/aromatic N) is 7. The van der Waals surface area contributed by atoms with Crippen molar-refractivity contribution in [2.24, 2.45) is 5.41 Å². The van der Waals surface area contributed by atoms with Crippen LogP contribution in [0.4, 0.5) is 24.5 Å². The Morgan fingerprint density at radius 3 is 2.37 bits per heavy atom. The summed E-state index contributed by atoms with van der Waals surface area (Å²) in [6.45, 7) is 8.56. The van der Waals surface area contributed by atoms with E-state index in [4.69, 9.17) is 0 Å². The van der Waals surface area contributed by atoms with Crippen molar-refractivity contribution < 1.29 is 13.2 Å². The van der Waals surface area contributed by atoms with Crippen molar-refractivity contribution in [1.29, 1.82) is 10.5 Å². The van der Waals surface area contributed by atoms with Gasteiger partial charge in [0.1, 0.15) is 17.8 Å².